The third kappa shape index (κ3) is 4.08. The number of aryl methyl sites for hydroxylation is 2. The highest BCUT2D eigenvalue weighted by atomic mass is 19.4. The Labute approximate surface area is 122 Å². The molecule has 1 unspecified atom stereocenters. The highest BCUT2D eigenvalue weighted by Gasteiger charge is 2.30. The van der Waals surface area contributed by atoms with Crippen LogP contribution in [0.3, 0.4) is 0 Å². The van der Waals surface area contributed by atoms with Crippen LogP contribution in [0.5, 0.6) is 0 Å². The van der Waals surface area contributed by atoms with Gasteiger partial charge < -0.3 is 5.11 Å². The van der Waals surface area contributed by atoms with Crippen LogP contribution in [0.25, 0.3) is 0 Å². The molecule has 0 aliphatic heterocycles. The average Bonchev–Trinajstić information content (AvgIpc) is 2.37. The van der Waals surface area contributed by atoms with E-state index in [1.54, 1.807) is 6.07 Å². The predicted octanol–water partition coefficient (Wildman–Crippen LogP) is 4.60. The first-order valence-electron chi connectivity index (χ1n) is 6.68. The highest BCUT2D eigenvalue weighted by molar-refractivity contribution is 5.32. The first kappa shape index (κ1) is 15.6. The maximum absolute atomic E-state index is 12.7. The molecule has 0 spiro atoms. The second kappa shape index (κ2) is 5.90. The average molecular weight is 294 g/mol. The molecule has 2 aromatic carbocycles. The summed E-state index contributed by atoms with van der Waals surface area (Å²) in [5.74, 6) is 0. The summed E-state index contributed by atoms with van der Waals surface area (Å²) in [7, 11) is 0. The van der Waals surface area contributed by atoms with Crippen LogP contribution in [-0.2, 0) is 12.6 Å². The number of halogens is 3. The van der Waals surface area contributed by atoms with Crippen LogP contribution in [-0.4, -0.2) is 5.11 Å². The van der Waals surface area contributed by atoms with Crippen molar-refractivity contribution in [2.75, 3.05) is 0 Å². The van der Waals surface area contributed by atoms with Gasteiger partial charge in [-0.15, -0.1) is 0 Å². The summed E-state index contributed by atoms with van der Waals surface area (Å²) in [6, 6.07) is 10.8. The van der Waals surface area contributed by atoms with Crippen LogP contribution >= 0.6 is 0 Å². The van der Waals surface area contributed by atoms with E-state index in [4.69, 9.17) is 0 Å². The van der Waals surface area contributed by atoms with E-state index in [1.807, 2.05) is 32.0 Å². The van der Waals surface area contributed by atoms with Crippen LogP contribution in [0.15, 0.2) is 42.5 Å². The van der Waals surface area contributed by atoms with Gasteiger partial charge >= 0.3 is 6.18 Å². The quantitative estimate of drug-likeness (QED) is 0.877. The molecule has 0 saturated carbocycles. The van der Waals surface area contributed by atoms with Crippen LogP contribution in [0.4, 0.5) is 13.2 Å². The molecule has 112 valence electrons. The normalized spacial score (nSPS) is 13.2. The van der Waals surface area contributed by atoms with E-state index < -0.39 is 17.8 Å². The maximum Gasteiger partial charge on any atom is 0.416 e. The topological polar surface area (TPSA) is 20.2 Å². The SMILES string of the molecule is Cc1cc(C)cc(C(O)Cc2cccc(C(F)(F)F)c2)c1. The first-order chi connectivity index (χ1) is 9.75. The van der Waals surface area contributed by atoms with Crippen LogP contribution in [0, 0.1) is 13.8 Å². The number of rotatable bonds is 3. The molecule has 4 heteroatoms. The molecule has 0 aliphatic rings. The minimum Gasteiger partial charge on any atom is -0.388 e. The van der Waals surface area contributed by atoms with Crippen molar-refractivity contribution in [1.82, 2.24) is 0 Å². The van der Waals surface area contributed by atoms with E-state index >= 15 is 0 Å². The van der Waals surface area contributed by atoms with Crippen molar-refractivity contribution in [2.24, 2.45) is 0 Å². The van der Waals surface area contributed by atoms with E-state index in [9.17, 15) is 18.3 Å². The number of hydrogen-bond donors (Lipinski definition) is 1. The molecule has 1 nitrogen and oxygen atoms in total. The van der Waals surface area contributed by atoms with Crippen molar-refractivity contribution in [3.05, 3.63) is 70.3 Å². The molecule has 0 bridgehead atoms. The van der Waals surface area contributed by atoms with Crippen molar-refractivity contribution in [3.63, 3.8) is 0 Å². The van der Waals surface area contributed by atoms with Gasteiger partial charge in [0.2, 0.25) is 0 Å². The lowest BCUT2D eigenvalue weighted by molar-refractivity contribution is -0.137. The maximum atomic E-state index is 12.7. The lowest BCUT2D eigenvalue weighted by atomic mass is 9.97. The predicted molar refractivity (Wildman–Crippen MR) is 76.0 cm³/mol. The van der Waals surface area contributed by atoms with Gasteiger partial charge in [-0.05, 0) is 31.0 Å². The Balaban J connectivity index is 2.21. The largest absolute Gasteiger partial charge is 0.416 e. The Morgan fingerprint density at radius 1 is 1.00 bits per heavy atom. The second-order valence-corrected chi connectivity index (χ2v) is 5.34. The van der Waals surface area contributed by atoms with Gasteiger partial charge in [0.05, 0.1) is 11.7 Å². The summed E-state index contributed by atoms with van der Waals surface area (Å²) in [4.78, 5) is 0. The summed E-state index contributed by atoms with van der Waals surface area (Å²) in [5.41, 5.74) is 2.55. The molecule has 0 aromatic heterocycles. The van der Waals surface area contributed by atoms with Gasteiger partial charge in [0.1, 0.15) is 0 Å². The molecule has 0 saturated heterocycles. The van der Waals surface area contributed by atoms with Gasteiger partial charge in [0, 0.05) is 6.42 Å². The number of aliphatic hydroxyl groups excluding tert-OH is 1. The summed E-state index contributed by atoms with van der Waals surface area (Å²) in [6.45, 7) is 3.85. The summed E-state index contributed by atoms with van der Waals surface area (Å²) < 4.78 is 38.0. The van der Waals surface area contributed by atoms with Gasteiger partial charge in [-0.2, -0.15) is 13.2 Å². The highest BCUT2D eigenvalue weighted by Crippen LogP contribution is 2.30. The minimum absolute atomic E-state index is 0.160. The van der Waals surface area contributed by atoms with E-state index in [0.717, 1.165) is 28.8 Å². The molecule has 1 N–H and O–H groups in total. The Hall–Kier alpha value is -1.81. The van der Waals surface area contributed by atoms with Gasteiger partial charge in [-0.25, -0.2) is 0 Å². The zero-order valence-electron chi connectivity index (χ0n) is 11.9. The zero-order valence-corrected chi connectivity index (χ0v) is 11.9. The minimum atomic E-state index is -4.36. The van der Waals surface area contributed by atoms with Crippen LogP contribution in [0.2, 0.25) is 0 Å². The van der Waals surface area contributed by atoms with Gasteiger partial charge in [0.15, 0.2) is 0 Å². The van der Waals surface area contributed by atoms with E-state index in [0.29, 0.717) is 5.56 Å². The molecule has 21 heavy (non-hydrogen) atoms. The molecular weight excluding hydrogens is 277 g/mol. The fraction of sp³-hybridized carbons (Fsp3) is 0.294. The fourth-order valence-corrected chi connectivity index (χ4v) is 2.42. The number of aliphatic hydroxyl groups is 1. The summed E-state index contributed by atoms with van der Waals surface area (Å²) in [5, 5.41) is 10.2. The van der Waals surface area contributed by atoms with Gasteiger partial charge in [-0.1, -0.05) is 47.5 Å². The van der Waals surface area contributed by atoms with Crippen LogP contribution in [0.1, 0.15) is 33.9 Å². The Bertz CT molecular complexity index is 612. The monoisotopic (exact) mass is 294 g/mol. The molecule has 1 atom stereocenters. The molecule has 0 heterocycles. The summed E-state index contributed by atoms with van der Waals surface area (Å²) in [6.07, 6.45) is -5.01. The Morgan fingerprint density at radius 3 is 2.19 bits per heavy atom. The van der Waals surface area contributed by atoms with Gasteiger partial charge in [-0.3, -0.25) is 0 Å². The number of alkyl halides is 3. The summed E-state index contributed by atoms with van der Waals surface area (Å²) >= 11 is 0. The molecule has 2 aromatic rings. The van der Waals surface area contributed by atoms with Crippen LogP contribution < -0.4 is 0 Å². The second-order valence-electron chi connectivity index (χ2n) is 5.34. The van der Waals surface area contributed by atoms with E-state index in [1.165, 1.54) is 6.07 Å². The molecule has 0 fully saturated rings. The molecule has 2 rings (SSSR count). The van der Waals surface area contributed by atoms with Crippen molar-refractivity contribution in [3.8, 4) is 0 Å². The van der Waals surface area contributed by atoms with Gasteiger partial charge in [0.25, 0.3) is 0 Å². The van der Waals surface area contributed by atoms with Crippen molar-refractivity contribution in [1.29, 1.82) is 0 Å². The van der Waals surface area contributed by atoms with E-state index in [-0.39, 0.29) is 6.42 Å². The lowest BCUT2D eigenvalue weighted by Crippen LogP contribution is -2.07. The standard InChI is InChI=1S/C17H17F3O/c1-11-6-12(2)8-14(7-11)16(21)10-13-4-3-5-15(9-13)17(18,19)20/h3-9,16,21H,10H2,1-2H3. The third-order valence-corrected chi connectivity index (χ3v) is 3.31. The first-order valence-corrected chi connectivity index (χ1v) is 6.68. The molecule has 0 aliphatic carbocycles. The molecular formula is C17H17F3O. The third-order valence-electron chi connectivity index (χ3n) is 3.31. The lowest BCUT2D eigenvalue weighted by Gasteiger charge is -2.14. The number of hydrogen-bond acceptors (Lipinski definition) is 1. The zero-order chi connectivity index (χ0) is 15.6. The smallest absolute Gasteiger partial charge is 0.388 e. The molecule has 0 radical (unpaired) electrons. The number of benzene rings is 2. The Morgan fingerprint density at radius 2 is 1.62 bits per heavy atom. The van der Waals surface area contributed by atoms with Crippen molar-refractivity contribution >= 4 is 0 Å². The fourth-order valence-electron chi connectivity index (χ4n) is 2.42. The molecule has 0 amide bonds. The van der Waals surface area contributed by atoms with Crippen molar-refractivity contribution < 1.29 is 18.3 Å². The Kier molecular flexibility index (Phi) is 4.37. The van der Waals surface area contributed by atoms with E-state index in [2.05, 4.69) is 0 Å². The van der Waals surface area contributed by atoms with Crippen molar-refractivity contribution in [2.45, 2.75) is 32.5 Å².